The molecular formula is C5H8FNO2. The maximum Gasteiger partial charge on any atom is 0.341 e. The third kappa shape index (κ3) is 0.790. The summed E-state index contributed by atoms with van der Waals surface area (Å²) in [6, 6.07) is 0. The van der Waals surface area contributed by atoms with Gasteiger partial charge in [-0.2, -0.15) is 0 Å². The van der Waals surface area contributed by atoms with Crippen molar-refractivity contribution in [3.8, 4) is 0 Å². The van der Waals surface area contributed by atoms with Crippen LogP contribution in [0.5, 0.6) is 0 Å². The quantitative estimate of drug-likeness (QED) is 0.546. The van der Waals surface area contributed by atoms with Gasteiger partial charge in [-0.05, 0) is 6.54 Å². The van der Waals surface area contributed by atoms with Crippen LogP contribution < -0.4 is 5.73 Å². The number of nitrogens with two attached hydrogens (primary N) is 1. The maximum absolute atomic E-state index is 12.6. The van der Waals surface area contributed by atoms with E-state index in [0.29, 0.717) is 0 Å². The van der Waals surface area contributed by atoms with Gasteiger partial charge >= 0.3 is 5.97 Å². The van der Waals surface area contributed by atoms with Crippen LogP contribution in [0, 0.1) is 5.92 Å². The Morgan fingerprint density at radius 2 is 2.56 bits per heavy atom. The number of carboxylic acids is 1. The molecule has 1 rings (SSSR count). The first kappa shape index (κ1) is 6.48. The molecule has 2 atom stereocenters. The van der Waals surface area contributed by atoms with Crippen molar-refractivity contribution in [2.45, 2.75) is 12.1 Å². The molecule has 1 fully saturated rings. The highest BCUT2D eigenvalue weighted by Crippen LogP contribution is 2.46. The van der Waals surface area contributed by atoms with Crippen molar-refractivity contribution in [1.29, 1.82) is 0 Å². The van der Waals surface area contributed by atoms with Crippen LogP contribution in [0.3, 0.4) is 0 Å². The van der Waals surface area contributed by atoms with Crippen LogP contribution in [0.1, 0.15) is 6.42 Å². The van der Waals surface area contributed by atoms with Crippen molar-refractivity contribution in [3.05, 3.63) is 0 Å². The van der Waals surface area contributed by atoms with E-state index in [-0.39, 0.29) is 13.0 Å². The molecule has 52 valence electrons. The van der Waals surface area contributed by atoms with E-state index >= 15 is 0 Å². The number of carbonyl (C=O) groups is 1. The molecule has 0 radical (unpaired) electrons. The van der Waals surface area contributed by atoms with E-state index < -0.39 is 17.6 Å². The molecule has 0 aromatic carbocycles. The largest absolute Gasteiger partial charge is 0.479 e. The van der Waals surface area contributed by atoms with Crippen LogP contribution in [0.15, 0.2) is 0 Å². The van der Waals surface area contributed by atoms with Crippen molar-refractivity contribution in [1.82, 2.24) is 0 Å². The Balaban J connectivity index is 2.52. The second-order valence-electron chi connectivity index (χ2n) is 2.30. The lowest BCUT2D eigenvalue weighted by Gasteiger charge is -1.96. The highest BCUT2D eigenvalue weighted by atomic mass is 19.1. The number of aliphatic carboxylic acids is 1. The van der Waals surface area contributed by atoms with E-state index in [2.05, 4.69) is 0 Å². The monoisotopic (exact) mass is 133 g/mol. The van der Waals surface area contributed by atoms with Crippen LogP contribution in [0.2, 0.25) is 0 Å². The Labute approximate surface area is 51.7 Å². The number of alkyl halides is 1. The van der Waals surface area contributed by atoms with Gasteiger partial charge in [0.05, 0.1) is 0 Å². The number of carboxylic acid groups (broad SMARTS) is 1. The summed E-state index contributed by atoms with van der Waals surface area (Å²) in [5.41, 5.74) is 3.05. The SMILES string of the molecule is NC[C@H]1C[C@]1(F)C(=O)O. The standard InChI is InChI=1S/C5H8FNO2/c6-5(4(8)9)1-3(5)2-7/h3H,1-2,7H2,(H,8,9)/t3-,5-/m1/s1. The molecule has 0 aromatic heterocycles. The summed E-state index contributed by atoms with van der Waals surface area (Å²) in [6.07, 6.45) is 0.0822. The molecule has 0 amide bonds. The lowest BCUT2D eigenvalue weighted by Crippen LogP contribution is -2.21. The molecule has 3 nitrogen and oxygen atoms in total. The van der Waals surface area contributed by atoms with E-state index in [1.807, 2.05) is 0 Å². The molecule has 3 N–H and O–H groups in total. The molecule has 0 aromatic rings. The van der Waals surface area contributed by atoms with Crippen LogP contribution in [0.25, 0.3) is 0 Å². The van der Waals surface area contributed by atoms with Crippen molar-refractivity contribution in [2.24, 2.45) is 11.7 Å². The molecule has 0 unspecified atom stereocenters. The van der Waals surface area contributed by atoms with Gasteiger partial charge < -0.3 is 10.8 Å². The molecule has 1 aliphatic carbocycles. The van der Waals surface area contributed by atoms with Crippen molar-refractivity contribution < 1.29 is 14.3 Å². The summed E-state index contributed by atoms with van der Waals surface area (Å²) in [5.74, 6) is -1.83. The Morgan fingerprint density at radius 3 is 2.67 bits per heavy atom. The number of hydrogen-bond donors (Lipinski definition) is 2. The second kappa shape index (κ2) is 1.67. The molecule has 1 saturated carbocycles. The minimum Gasteiger partial charge on any atom is -0.479 e. The lowest BCUT2D eigenvalue weighted by molar-refractivity contribution is -0.145. The van der Waals surface area contributed by atoms with E-state index in [1.165, 1.54) is 0 Å². The highest BCUT2D eigenvalue weighted by molar-refractivity contribution is 5.81. The van der Waals surface area contributed by atoms with E-state index in [0.717, 1.165) is 0 Å². The predicted octanol–water partition coefficient (Wildman–Crippen LogP) is -0.242. The van der Waals surface area contributed by atoms with Gasteiger partial charge in [0.15, 0.2) is 0 Å². The van der Waals surface area contributed by atoms with Gasteiger partial charge in [0.1, 0.15) is 0 Å². The van der Waals surface area contributed by atoms with Crippen molar-refractivity contribution >= 4 is 5.97 Å². The highest BCUT2D eigenvalue weighted by Gasteiger charge is 2.61. The molecule has 9 heavy (non-hydrogen) atoms. The smallest absolute Gasteiger partial charge is 0.341 e. The fourth-order valence-electron chi connectivity index (χ4n) is 0.832. The van der Waals surface area contributed by atoms with Gasteiger partial charge in [0.2, 0.25) is 5.67 Å². The normalized spacial score (nSPS) is 40.4. The summed E-state index contributed by atoms with van der Waals surface area (Å²) >= 11 is 0. The van der Waals surface area contributed by atoms with E-state index in [9.17, 15) is 9.18 Å². The molecule has 4 heteroatoms. The van der Waals surface area contributed by atoms with E-state index in [4.69, 9.17) is 10.8 Å². The number of hydrogen-bond acceptors (Lipinski definition) is 2. The van der Waals surface area contributed by atoms with Gasteiger partial charge in [-0.25, -0.2) is 9.18 Å². The minimum atomic E-state index is -1.99. The molecule has 0 bridgehead atoms. The third-order valence-corrected chi connectivity index (χ3v) is 1.67. The van der Waals surface area contributed by atoms with Crippen LogP contribution in [0.4, 0.5) is 4.39 Å². The zero-order valence-electron chi connectivity index (χ0n) is 4.80. The first-order valence-electron chi connectivity index (χ1n) is 2.73. The third-order valence-electron chi connectivity index (χ3n) is 1.67. The van der Waals surface area contributed by atoms with Gasteiger partial charge in [0, 0.05) is 12.3 Å². The van der Waals surface area contributed by atoms with Crippen LogP contribution >= 0.6 is 0 Å². The van der Waals surface area contributed by atoms with Gasteiger partial charge in [0.25, 0.3) is 0 Å². The maximum atomic E-state index is 12.6. The summed E-state index contributed by atoms with van der Waals surface area (Å²) in [7, 11) is 0. The summed E-state index contributed by atoms with van der Waals surface area (Å²) < 4.78 is 12.6. The molecule has 0 aliphatic heterocycles. The van der Waals surface area contributed by atoms with E-state index in [1.54, 1.807) is 0 Å². The Kier molecular flexibility index (Phi) is 1.20. The molecular weight excluding hydrogens is 125 g/mol. The Morgan fingerprint density at radius 1 is 2.00 bits per heavy atom. The number of halogens is 1. The zero-order chi connectivity index (χ0) is 7.07. The molecule has 0 spiro atoms. The minimum absolute atomic E-state index is 0.0822. The first-order chi connectivity index (χ1) is 4.11. The lowest BCUT2D eigenvalue weighted by atomic mass is 10.3. The molecule has 0 heterocycles. The summed E-state index contributed by atoms with van der Waals surface area (Å²) in [5, 5.41) is 8.18. The molecule has 1 aliphatic rings. The van der Waals surface area contributed by atoms with Crippen molar-refractivity contribution in [3.63, 3.8) is 0 Å². The van der Waals surface area contributed by atoms with Gasteiger partial charge in [-0.1, -0.05) is 0 Å². The Bertz CT molecular complexity index is 150. The first-order valence-corrected chi connectivity index (χ1v) is 2.73. The molecule has 0 saturated heterocycles. The average molecular weight is 133 g/mol. The fraction of sp³-hybridized carbons (Fsp3) is 0.800. The topological polar surface area (TPSA) is 63.3 Å². The van der Waals surface area contributed by atoms with Gasteiger partial charge in [-0.15, -0.1) is 0 Å². The van der Waals surface area contributed by atoms with Crippen LogP contribution in [-0.4, -0.2) is 23.3 Å². The average Bonchev–Trinajstić information content (AvgIpc) is 2.44. The van der Waals surface area contributed by atoms with Crippen LogP contribution in [-0.2, 0) is 4.79 Å². The second-order valence-corrected chi connectivity index (χ2v) is 2.30. The Hall–Kier alpha value is -0.640. The summed E-state index contributed by atoms with van der Waals surface area (Å²) in [4.78, 5) is 10.0. The van der Waals surface area contributed by atoms with Crippen molar-refractivity contribution in [2.75, 3.05) is 6.54 Å². The fourth-order valence-corrected chi connectivity index (χ4v) is 0.832. The number of rotatable bonds is 2. The predicted molar refractivity (Wildman–Crippen MR) is 28.6 cm³/mol. The summed E-state index contributed by atoms with van der Waals surface area (Å²) in [6.45, 7) is 0.128. The van der Waals surface area contributed by atoms with Gasteiger partial charge in [-0.3, -0.25) is 0 Å². The zero-order valence-corrected chi connectivity index (χ0v) is 4.80.